The zero-order valence-corrected chi connectivity index (χ0v) is 21.0. The number of likely N-dealkylation sites (tertiary alicyclic amines) is 1. The van der Waals surface area contributed by atoms with Crippen molar-refractivity contribution >= 4 is 35.5 Å². The molecule has 6 N–H and O–H groups in total. The van der Waals surface area contributed by atoms with E-state index in [0.717, 1.165) is 49.5 Å². The normalized spacial score (nSPS) is 17.3. The van der Waals surface area contributed by atoms with E-state index in [0.29, 0.717) is 30.2 Å². The molecule has 37 heavy (non-hydrogen) atoms. The zero-order valence-electron chi connectivity index (χ0n) is 20.3. The van der Waals surface area contributed by atoms with Crippen LogP contribution in [0.1, 0.15) is 31.2 Å². The Bertz CT molecular complexity index is 911. The summed E-state index contributed by atoms with van der Waals surface area (Å²) >= 11 is 6.17. The summed E-state index contributed by atoms with van der Waals surface area (Å²) in [5.41, 5.74) is 7.04. The summed E-state index contributed by atoms with van der Waals surface area (Å²) < 4.78 is 6.00. The van der Waals surface area contributed by atoms with Crippen LogP contribution in [0, 0.1) is 11.8 Å². The lowest BCUT2D eigenvalue weighted by Crippen LogP contribution is -2.37. The Labute approximate surface area is 219 Å². The smallest absolute Gasteiger partial charge is 0.328 e. The quantitative estimate of drug-likeness (QED) is 0.274. The number of carboxylic acid groups (broad SMARTS) is 4. The molecule has 1 saturated carbocycles. The van der Waals surface area contributed by atoms with Gasteiger partial charge in [0, 0.05) is 48.0 Å². The maximum atomic E-state index is 9.55. The first-order chi connectivity index (χ1) is 17.5. The van der Waals surface area contributed by atoms with Crippen molar-refractivity contribution < 1.29 is 44.3 Å². The van der Waals surface area contributed by atoms with Crippen molar-refractivity contribution in [1.29, 1.82) is 0 Å². The number of nitrogens with zero attached hydrogens (tertiary/aromatic N) is 1. The van der Waals surface area contributed by atoms with Gasteiger partial charge in [-0.1, -0.05) is 11.6 Å². The monoisotopic (exact) mass is 540 g/mol. The first kappa shape index (κ1) is 31.6. The SMILES string of the molecule is NC[C@@H]1CCCN(Cc2cc(Cl)ccc2OCC2CC2)C1.O=C(O)/C=C/C(=O)O.O=C(O)/C=C/C(=O)O. The molecular formula is C25H33ClN2O9. The minimum atomic E-state index is -1.26. The Hall–Kier alpha value is -3.41. The highest BCUT2D eigenvalue weighted by Gasteiger charge is 2.23. The summed E-state index contributed by atoms with van der Waals surface area (Å²) in [5, 5.41) is 32.0. The third kappa shape index (κ3) is 16.0. The minimum absolute atomic E-state index is 0.558. The largest absolute Gasteiger partial charge is 0.493 e. The van der Waals surface area contributed by atoms with Crippen LogP contribution < -0.4 is 10.5 Å². The van der Waals surface area contributed by atoms with Crippen LogP contribution in [0.3, 0.4) is 0 Å². The van der Waals surface area contributed by atoms with Crippen molar-refractivity contribution in [1.82, 2.24) is 4.90 Å². The van der Waals surface area contributed by atoms with E-state index in [2.05, 4.69) is 11.0 Å². The Balaban J connectivity index is 0.000000355. The summed E-state index contributed by atoms with van der Waals surface area (Å²) in [6.07, 6.45) is 7.35. The first-order valence-corrected chi connectivity index (χ1v) is 12.0. The molecule has 12 heteroatoms. The molecule has 1 aromatic carbocycles. The van der Waals surface area contributed by atoms with Crippen LogP contribution in [-0.2, 0) is 25.7 Å². The predicted molar refractivity (Wildman–Crippen MR) is 136 cm³/mol. The third-order valence-electron chi connectivity index (χ3n) is 5.26. The predicted octanol–water partition coefficient (Wildman–Crippen LogP) is 2.72. The van der Waals surface area contributed by atoms with Gasteiger partial charge in [0.25, 0.3) is 0 Å². The van der Waals surface area contributed by atoms with E-state index in [1.165, 1.54) is 31.2 Å². The zero-order chi connectivity index (χ0) is 27.8. The molecule has 0 bridgehead atoms. The van der Waals surface area contributed by atoms with Gasteiger partial charge in [-0.2, -0.15) is 0 Å². The van der Waals surface area contributed by atoms with Crippen LogP contribution >= 0.6 is 11.6 Å². The van der Waals surface area contributed by atoms with Crippen LogP contribution in [0.5, 0.6) is 5.75 Å². The molecule has 0 aromatic heterocycles. The van der Waals surface area contributed by atoms with Crippen LogP contribution in [0.4, 0.5) is 0 Å². The Morgan fingerprint density at radius 2 is 1.46 bits per heavy atom. The number of piperidine rings is 1. The highest BCUT2D eigenvalue weighted by molar-refractivity contribution is 6.30. The lowest BCUT2D eigenvalue weighted by atomic mass is 9.98. The molecule has 2 aliphatic rings. The summed E-state index contributed by atoms with van der Waals surface area (Å²) in [6.45, 7) is 4.78. The van der Waals surface area contributed by atoms with E-state index in [-0.39, 0.29) is 0 Å². The second kappa shape index (κ2) is 17.1. The van der Waals surface area contributed by atoms with Crippen LogP contribution in [0.2, 0.25) is 5.02 Å². The molecule has 0 amide bonds. The Kier molecular flexibility index (Phi) is 14.6. The standard InChI is InChI=1S/C17H25ClN2O.2C4H4O4/c18-16-5-6-17(21-12-13-3-4-13)15(8-16)11-20-7-1-2-14(9-19)10-20;2*5-3(6)1-2-4(7)8/h5-6,8,13-14H,1-4,7,9-12,19H2;2*1-2H,(H,5,6)(H,7,8)/b;2*2-1+/t14-;;/m0../s1. The number of nitrogens with two attached hydrogens (primary N) is 1. The first-order valence-electron chi connectivity index (χ1n) is 11.6. The molecule has 2 fully saturated rings. The molecule has 1 heterocycles. The van der Waals surface area contributed by atoms with Crippen molar-refractivity contribution in [3.8, 4) is 5.75 Å². The Morgan fingerprint density at radius 3 is 1.92 bits per heavy atom. The Morgan fingerprint density at radius 1 is 0.919 bits per heavy atom. The molecule has 0 radical (unpaired) electrons. The number of hydrogen-bond acceptors (Lipinski definition) is 7. The van der Waals surface area contributed by atoms with Gasteiger partial charge in [0.15, 0.2) is 0 Å². The summed E-state index contributed by atoms with van der Waals surface area (Å²) in [6, 6.07) is 5.99. The van der Waals surface area contributed by atoms with Gasteiger partial charge in [-0.25, -0.2) is 19.2 Å². The molecule has 1 aliphatic heterocycles. The number of carboxylic acids is 4. The number of rotatable bonds is 10. The summed E-state index contributed by atoms with van der Waals surface area (Å²) in [7, 11) is 0. The van der Waals surface area contributed by atoms with E-state index in [1.807, 2.05) is 12.1 Å². The molecular weight excluding hydrogens is 508 g/mol. The van der Waals surface area contributed by atoms with Crippen LogP contribution in [0.15, 0.2) is 42.5 Å². The van der Waals surface area contributed by atoms with Gasteiger partial charge in [-0.05, 0) is 68.8 Å². The van der Waals surface area contributed by atoms with Gasteiger partial charge in [-0.15, -0.1) is 0 Å². The molecule has 3 rings (SSSR count). The second-order valence-corrected chi connectivity index (χ2v) is 8.94. The molecule has 1 atom stereocenters. The topological polar surface area (TPSA) is 188 Å². The minimum Gasteiger partial charge on any atom is -0.493 e. The highest BCUT2D eigenvalue weighted by Crippen LogP contribution is 2.32. The number of carbonyl (C=O) groups is 4. The summed E-state index contributed by atoms with van der Waals surface area (Å²) in [4.78, 5) is 40.7. The molecule has 0 spiro atoms. The van der Waals surface area contributed by atoms with Gasteiger partial charge < -0.3 is 30.9 Å². The lowest BCUT2D eigenvalue weighted by Gasteiger charge is -2.32. The molecule has 1 aromatic rings. The van der Waals surface area contributed by atoms with E-state index >= 15 is 0 Å². The number of ether oxygens (including phenoxy) is 1. The van der Waals surface area contributed by atoms with Crippen LogP contribution in [0.25, 0.3) is 0 Å². The van der Waals surface area contributed by atoms with Crippen molar-refractivity contribution in [3.05, 3.63) is 53.1 Å². The number of aliphatic carboxylic acids is 4. The van der Waals surface area contributed by atoms with E-state index in [9.17, 15) is 19.2 Å². The van der Waals surface area contributed by atoms with Crippen molar-refractivity contribution in [2.75, 3.05) is 26.2 Å². The number of hydrogen-bond donors (Lipinski definition) is 5. The van der Waals surface area contributed by atoms with Gasteiger partial charge in [0.05, 0.1) is 6.61 Å². The van der Waals surface area contributed by atoms with Crippen LogP contribution in [-0.4, -0.2) is 75.4 Å². The molecule has 1 saturated heterocycles. The molecule has 1 aliphatic carbocycles. The average molecular weight is 541 g/mol. The number of benzene rings is 1. The van der Waals surface area contributed by atoms with Gasteiger partial charge in [-0.3, -0.25) is 4.90 Å². The van der Waals surface area contributed by atoms with E-state index < -0.39 is 23.9 Å². The molecule has 11 nitrogen and oxygen atoms in total. The van der Waals surface area contributed by atoms with Crippen molar-refractivity contribution in [2.24, 2.45) is 17.6 Å². The third-order valence-corrected chi connectivity index (χ3v) is 5.50. The second-order valence-electron chi connectivity index (χ2n) is 8.51. The fraction of sp³-hybridized carbons (Fsp3) is 0.440. The van der Waals surface area contributed by atoms with Crippen molar-refractivity contribution in [2.45, 2.75) is 32.2 Å². The fourth-order valence-corrected chi connectivity index (χ4v) is 3.51. The van der Waals surface area contributed by atoms with Crippen molar-refractivity contribution in [3.63, 3.8) is 0 Å². The lowest BCUT2D eigenvalue weighted by molar-refractivity contribution is -0.134. The maximum Gasteiger partial charge on any atom is 0.328 e. The van der Waals surface area contributed by atoms with Gasteiger partial charge >= 0.3 is 23.9 Å². The fourth-order valence-electron chi connectivity index (χ4n) is 3.32. The molecule has 204 valence electrons. The maximum absolute atomic E-state index is 9.55. The number of halogens is 1. The van der Waals surface area contributed by atoms with Gasteiger partial charge in [0.2, 0.25) is 0 Å². The summed E-state index contributed by atoms with van der Waals surface area (Å²) in [5.74, 6) is -2.63. The van der Waals surface area contributed by atoms with Gasteiger partial charge in [0.1, 0.15) is 5.75 Å². The highest BCUT2D eigenvalue weighted by atomic mass is 35.5. The molecule has 0 unspecified atom stereocenters. The average Bonchev–Trinajstić information content (AvgIpc) is 3.66. The van der Waals surface area contributed by atoms with E-state index in [4.69, 9.17) is 42.5 Å². The van der Waals surface area contributed by atoms with E-state index in [1.54, 1.807) is 0 Å².